The number of hydrogen-bond acceptors (Lipinski definition) is 2. The van der Waals surface area contributed by atoms with Gasteiger partial charge in [0.05, 0.1) is 17.5 Å². The van der Waals surface area contributed by atoms with Crippen LogP contribution < -0.4 is 0 Å². The molecule has 1 radical (unpaired) electrons. The standard InChI is InChI=1S/C19H11N2O.Ir/c1-2-7-14(8-3-1)19-20-12-17-21(19)18-15-9-5-4-6-13(15)10-11-16(18)22-17;/h1-7,9-12H;/q-1;. The fourth-order valence-electron chi connectivity index (χ4n) is 3.01. The Morgan fingerprint density at radius 1 is 0.957 bits per heavy atom. The van der Waals surface area contributed by atoms with Crippen molar-refractivity contribution in [1.82, 2.24) is 9.38 Å². The summed E-state index contributed by atoms with van der Waals surface area (Å²) in [7, 11) is 0. The summed E-state index contributed by atoms with van der Waals surface area (Å²) in [5.74, 6) is 0.853. The van der Waals surface area contributed by atoms with E-state index in [1.54, 1.807) is 6.20 Å². The van der Waals surface area contributed by atoms with Crippen LogP contribution in [0.5, 0.6) is 0 Å². The van der Waals surface area contributed by atoms with Crippen LogP contribution >= 0.6 is 0 Å². The second kappa shape index (κ2) is 5.34. The molecule has 0 atom stereocenters. The first-order valence-electron chi connectivity index (χ1n) is 7.16. The van der Waals surface area contributed by atoms with Gasteiger partial charge in [-0.15, -0.1) is 35.9 Å². The zero-order chi connectivity index (χ0) is 14.5. The summed E-state index contributed by atoms with van der Waals surface area (Å²) < 4.78 is 8.02. The molecule has 0 aliphatic heterocycles. The maximum absolute atomic E-state index is 5.95. The van der Waals surface area contributed by atoms with Gasteiger partial charge in [-0.3, -0.25) is 4.98 Å². The van der Waals surface area contributed by atoms with Gasteiger partial charge >= 0.3 is 0 Å². The minimum Gasteiger partial charge on any atom is -0.437 e. The summed E-state index contributed by atoms with van der Waals surface area (Å²) in [4.78, 5) is 4.52. The van der Waals surface area contributed by atoms with Crippen LogP contribution in [0.2, 0.25) is 0 Å². The number of rotatable bonds is 1. The summed E-state index contributed by atoms with van der Waals surface area (Å²) in [6, 6.07) is 23.5. The van der Waals surface area contributed by atoms with E-state index in [1.165, 1.54) is 5.39 Å². The molecule has 4 heteroatoms. The fraction of sp³-hybridized carbons (Fsp3) is 0. The molecule has 5 aromatic rings. The Labute approximate surface area is 145 Å². The zero-order valence-corrected chi connectivity index (χ0v) is 14.4. The number of benzene rings is 3. The van der Waals surface area contributed by atoms with Gasteiger partial charge in [0.2, 0.25) is 5.71 Å². The van der Waals surface area contributed by atoms with Crippen molar-refractivity contribution < 1.29 is 24.5 Å². The van der Waals surface area contributed by atoms with Crippen molar-refractivity contribution in [3.8, 4) is 11.4 Å². The van der Waals surface area contributed by atoms with Gasteiger partial charge in [0.25, 0.3) is 0 Å². The van der Waals surface area contributed by atoms with E-state index in [1.807, 2.05) is 42.5 Å². The Morgan fingerprint density at radius 2 is 1.83 bits per heavy atom. The molecule has 2 heterocycles. The number of imidazole rings is 1. The van der Waals surface area contributed by atoms with Gasteiger partial charge in [-0.2, -0.15) is 0 Å². The third-order valence-corrected chi connectivity index (χ3v) is 3.98. The predicted molar refractivity (Wildman–Crippen MR) is 86.7 cm³/mol. The maximum Gasteiger partial charge on any atom is 0.215 e. The van der Waals surface area contributed by atoms with Crippen LogP contribution in [0.1, 0.15) is 0 Å². The molecule has 2 aromatic heterocycles. The molecular formula is C19H11IrN2O-. The minimum atomic E-state index is 0. The first kappa shape index (κ1) is 14.2. The summed E-state index contributed by atoms with van der Waals surface area (Å²) in [6.07, 6.45) is 1.77. The number of fused-ring (bicyclic) bond motifs is 5. The van der Waals surface area contributed by atoms with E-state index in [9.17, 15) is 0 Å². The normalized spacial score (nSPS) is 11.1. The summed E-state index contributed by atoms with van der Waals surface area (Å²) >= 11 is 0. The summed E-state index contributed by atoms with van der Waals surface area (Å²) in [6.45, 7) is 0. The second-order valence-electron chi connectivity index (χ2n) is 5.27. The van der Waals surface area contributed by atoms with Gasteiger partial charge in [0.1, 0.15) is 0 Å². The Kier molecular flexibility index (Phi) is 3.29. The average molecular weight is 476 g/mol. The van der Waals surface area contributed by atoms with Crippen LogP contribution in [0, 0.1) is 6.07 Å². The van der Waals surface area contributed by atoms with Crippen molar-refractivity contribution in [2.45, 2.75) is 0 Å². The molecule has 3 aromatic carbocycles. The Balaban J connectivity index is 0.00000135. The van der Waals surface area contributed by atoms with Crippen molar-refractivity contribution >= 4 is 27.6 Å². The van der Waals surface area contributed by atoms with Gasteiger partial charge in [-0.25, -0.2) is 0 Å². The first-order chi connectivity index (χ1) is 10.9. The van der Waals surface area contributed by atoms with Crippen molar-refractivity contribution in [3.05, 3.63) is 72.9 Å². The molecule has 0 saturated carbocycles. The van der Waals surface area contributed by atoms with E-state index in [0.717, 1.165) is 33.6 Å². The number of oxazole rings is 1. The second-order valence-corrected chi connectivity index (χ2v) is 5.27. The predicted octanol–water partition coefficient (Wildman–Crippen LogP) is 4.70. The van der Waals surface area contributed by atoms with Crippen molar-refractivity contribution in [1.29, 1.82) is 0 Å². The monoisotopic (exact) mass is 476 g/mol. The van der Waals surface area contributed by atoms with E-state index in [0.29, 0.717) is 0 Å². The molecule has 0 unspecified atom stereocenters. The van der Waals surface area contributed by atoms with Crippen molar-refractivity contribution in [2.24, 2.45) is 0 Å². The SMILES string of the molecule is [Ir].[c-]1ccccc1-c1ncc2oc3ccc4ccccc4c3n12. The molecule has 0 spiro atoms. The Hall–Kier alpha value is -2.42. The number of nitrogens with zero attached hydrogens (tertiary/aromatic N) is 2. The van der Waals surface area contributed by atoms with Crippen LogP contribution in [-0.2, 0) is 20.1 Å². The molecule has 0 N–H and O–H groups in total. The van der Waals surface area contributed by atoms with Gasteiger partial charge in [-0.1, -0.05) is 30.3 Å². The molecular weight excluding hydrogens is 464 g/mol. The molecule has 0 fully saturated rings. The molecule has 0 aliphatic rings. The maximum atomic E-state index is 5.95. The van der Waals surface area contributed by atoms with Gasteiger partial charge in [0.15, 0.2) is 5.58 Å². The fourth-order valence-corrected chi connectivity index (χ4v) is 3.01. The molecule has 3 nitrogen and oxygen atoms in total. The Morgan fingerprint density at radius 3 is 2.70 bits per heavy atom. The third-order valence-electron chi connectivity index (χ3n) is 3.98. The van der Waals surface area contributed by atoms with Gasteiger partial charge in [-0.05, 0) is 11.5 Å². The van der Waals surface area contributed by atoms with E-state index < -0.39 is 0 Å². The molecule has 5 rings (SSSR count). The van der Waals surface area contributed by atoms with E-state index in [-0.39, 0.29) is 20.1 Å². The van der Waals surface area contributed by atoms with Crippen LogP contribution in [0.3, 0.4) is 0 Å². The molecule has 0 amide bonds. The third kappa shape index (κ3) is 2.03. The van der Waals surface area contributed by atoms with E-state index >= 15 is 0 Å². The molecule has 0 aliphatic carbocycles. The molecule has 23 heavy (non-hydrogen) atoms. The van der Waals surface area contributed by atoms with Crippen LogP contribution in [-0.4, -0.2) is 9.38 Å². The first-order valence-corrected chi connectivity index (χ1v) is 7.16. The van der Waals surface area contributed by atoms with Gasteiger partial charge < -0.3 is 8.82 Å². The molecule has 0 saturated heterocycles. The molecule has 0 bridgehead atoms. The van der Waals surface area contributed by atoms with Gasteiger partial charge in [0, 0.05) is 25.5 Å². The molecule has 113 valence electrons. The van der Waals surface area contributed by atoms with Crippen molar-refractivity contribution in [2.75, 3.05) is 0 Å². The quantitative estimate of drug-likeness (QED) is 0.329. The van der Waals surface area contributed by atoms with E-state index in [2.05, 4.69) is 33.7 Å². The topological polar surface area (TPSA) is 30.4 Å². The number of hydrogen-bond donors (Lipinski definition) is 0. The Bertz CT molecular complexity index is 1130. The summed E-state index contributed by atoms with van der Waals surface area (Å²) in [5, 5.41) is 2.35. The summed E-state index contributed by atoms with van der Waals surface area (Å²) in [5.41, 5.74) is 3.63. The van der Waals surface area contributed by atoms with Crippen molar-refractivity contribution in [3.63, 3.8) is 0 Å². The number of aromatic nitrogens is 2. The zero-order valence-electron chi connectivity index (χ0n) is 12.0. The largest absolute Gasteiger partial charge is 0.437 e. The van der Waals surface area contributed by atoms with Crippen LogP contribution in [0.25, 0.3) is 39.0 Å². The smallest absolute Gasteiger partial charge is 0.215 e. The van der Waals surface area contributed by atoms with Crippen LogP contribution in [0.4, 0.5) is 0 Å². The minimum absolute atomic E-state index is 0. The van der Waals surface area contributed by atoms with Crippen LogP contribution in [0.15, 0.2) is 71.3 Å². The average Bonchev–Trinajstić information content (AvgIpc) is 3.14. The van der Waals surface area contributed by atoms with E-state index in [4.69, 9.17) is 4.42 Å².